The Morgan fingerprint density at radius 1 is 1.30 bits per heavy atom. The van der Waals surface area contributed by atoms with Gasteiger partial charge in [0.25, 0.3) is 5.91 Å². The maximum Gasteiger partial charge on any atom is 0.262 e. The largest absolute Gasteiger partial charge is 0.482 e. The number of carbonyl (C=O) groups is 2. The van der Waals surface area contributed by atoms with Gasteiger partial charge in [0.2, 0.25) is 15.9 Å². The van der Waals surface area contributed by atoms with Crippen molar-refractivity contribution in [3.63, 3.8) is 0 Å². The molecule has 0 aliphatic carbocycles. The van der Waals surface area contributed by atoms with Crippen LogP contribution in [0.1, 0.15) is 39.5 Å². The lowest BCUT2D eigenvalue weighted by Gasteiger charge is -2.33. The molecule has 0 bridgehead atoms. The van der Waals surface area contributed by atoms with Crippen LogP contribution >= 0.6 is 11.6 Å². The topological polar surface area (TPSA) is 96.0 Å². The summed E-state index contributed by atoms with van der Waals surface area (Å²) in [6.07, 6.45) is 2.95. The van der Waals surface area contributed by atoms with Gasteiger partial charge in [0.05, 0.1) is 10.7 Å². The molecule has 1 aromatic carbocycles. The van der Waals surface area contributed by atoms with E-state index in [1.54, 1.807) is 0 Å². The minimum Gasteiger partial charge on any atom is -0.482 e. The Morgan fingerprint density at radius 2 is 2.00 bits per heavy atom. The van der Waals surface area contributed by atoms with Gasteiger partial charge in [-0.1, -0.05) is 24.9 Å². The first-order valence-electron chi connectivity index (χ1n) is 10.3. The van der Waals surface area contributed by atoms with E-state index in [1.807, 2.05) is 11.8 Å². The first-order valence-corrected chi connectivity index (χ1v) is 12.1. The van der Waals surface area contributed by atoms with Crippen molar-refractivity contribution < 1.29 is 22.7 Å². The van der Waals surface area contributed by atoms with Gasteiger partial charge in [-0.2, -0.15) is 4.31 Å². The molecule has 1 fully saturated rings. The summed E-state index contributed by atoms with van der Waals surface area (Å²) in [4.78, 5) is 26.0. The molecule has 3 rings (SSSR count). The quantitative estimate of drug-likeness (QED) is 0.679. The molecular weight excluding hydrogens is 430 g/mol. The molecule has 30 heavy (non-hydrogen) atoms. The molecule has 0 unspecified atom stereocenters. The van der Waals surface area contributed by atoms with Crippen LogP contribution in [0.25, 0.3) is 0 Å². The maximum absolute atomic E-state index is 13.2. The molecule has 2 amide bonds. The van der Waals surface area contributed by atoms with Crippen LogP contribution in [0.2, 0.25) is 5.02 Å². The number of ether oxygens (including phenoxy) is 1. The predicted molar refractivity (Wildman–Crippen MR) is 114 cm³/mol. The molecule has 2 heterocycles. The van der Waals surface area contributed by atoms with Gasteiger partial charge in [0, 0.05) is 38.2 Å². The molecule has 0 saturated carbocycles. The first kappa shape index (κ1) is 22.8. The van der Waals surface area contributed by atoms with Crippen molar-refractivity contribution >= 4 is 39.1 Å². The van der Waals surface area contributed by atoms with E-state index in [2.05, 4.69) is 12.2 Å². The summed E-state index contributed by atoms with van der Waals surface area (Å²) in [6.45, 7) is 5.81. The Labute approximate surface area is 182 Å². The summed E-state index contributed by atoms with van der Waals surface area (Å²) in [5, 5.41) is 2.63. The number of piperidine rings is 1. The Hall–Kier alpha value is -1.84. The van der Waals surface area contributed by atoms with Gasteiger partial charge >= 0.3 is 0 Å². The number of rotatable bonds is 7. The predicted octanol–water partition coefficient (Wildman–Crippen LogP) is 2.72. The molecule has 1 N–H and O–H groups in total. The lowest BCUT2D eigenvalue weighted by Crippen LogP contribution is -2.44. The van der Waals surface area contributed by atoms with Gasteiger partial charge in [-0.05, 0) is 32.3 Å². The van der Waals surface area contributed by atoms with Crippen LogP contribution < -0.4 is 10.1 Å². The number of amides is 2. The van der Waals surface area contributed by atoms with Crippen molar-refractivity contribution in [3.8, 4) is 5.75 Å². The number of fused-ring (bicyclic) bond motifs is 1. The van der Waals surface area contributed by atoms with Crippen molar-refractivity contribution in [2.24, 2.45) is 5.92 Å². The van der Waals surface area contributed by atoms with E-state index in [0.717, 1.165) is 19.4 Å². The standard InChI is InChI=1S/C20H28ClN3O5S/c1-3-5-8-23(4-2)20(26)14-6-9-24(10-7-14)30(27,28)18-12-17-16(11-15(18)21)22-19(25)13-29-17/h11-12,14H,3-10,13H2,1-2H3,(H,22,25). The van der Waals surface area contributed by atoms with E-state index in [1.165, 1.54) is 16.4 Å². The summed E-state index contributed by atoms with van der Waals surface area (Å²) in [5.41, 5.74) is 0.353. The van der Waals surface area contributed by atoms with Gasteiger partial charge in [0.1, 0.15) is 10.6 Å². The Balaban J connectivity index is 1.71. The zero-order chi connectivity index (χ0) is 21.9. The molecule has 2 aliphatic rings. The molecule has 8 nitrogen and oxygen atoms in total. The Morgan fingerprint density at radius 3 is 2.63 bits per heavy atom. The fourth-order valence-electron chi connectivity index (χ4n) is 3.79. The van der Waals surface area contributed by atoms with Crippen molar-refractivity contribution in [2.75, 3.05) is 38.1 Å². The summed E-state index contributed by atoms with van der Waals surface area (Å²) < 4.78 is 33.0. The average Bonchev–Trinajstić information content (AvgIpc) is 2.73. The second-order valence-electron chi connectivity index (χ2n) is 7.57. The average molecular weight is 458 g/mol. The fraction of sp³-hybridized carbons (Fsp3) is 0.600. The van der Waals surface area contributed by atoms with Crippen LogP contribution in [-0.2, 0) is 19.6 Å². The van der Waals surface area contributed by atoms with E-state index in [-0.39, 0.29) is 53.1 Å². The number of benzene rings is 1. The molecule has 0 radical (unpaired) electrons. The van der Waals surface area contributed by atoms with Crippen molar-refractivity contribution in [1.82, 2.24) is 9.21 Å². The van der Waals surface area contributed by atoms with Crippen LogP contribution in [0.15, 0.2) is 17.0 Å². The van der Waals surface area contributed by atoms with Crippen LogP contribution in [-0.4, -0.2) is 62.2 Å². The van der Waals surface area contributed by atoms with Crippen LogP contribution in [0.4, 0.5) is 5.69 Å². The number of carbonyl (C=O) groups excluding carboxylic acids is 2. The molecule has 10 heteroatoms. The number of nitrogens with zero attached hydrogens (tertiary/aromatic N) is 2. The number of sulfonamides is 1. The fourth-order valence-corrected chi connectivity index (χ4v) is 5.78. The number of hydrogen-bond donors (Lipinski definition) is 1. The molecule has 0 atom stereocenters. The lowest BCUT2D eigenvalue weighted by atomic mass is 9.96. The second-order valence-corrected chi connectivity index (χ2v) is 9.88. The highest BCUT2D eigenvalue weighted by Gasteiger charge is 2.35. The third-order valence-corrected chi connectivity index (χ3v) is 7.93. The molecule has 0 aromatic heterocycles. The summed E-state index contributed by atoms with van der Waals surface area (Å²) >= 11 is 6.23. The van der Waals surface area contributed by atoms with Gasteiger partial charge in [-0.3, -0.25) is 9.59 Å². The minimum atomic E-state index is -3.85. The highest BCUT2D eigenvalue weighted by molar-refractivity contribution is 7.89. The SMILES string of the molecule is CCCCN(CC)C(=O)C1CCN(S(=O)(=O)c2cc3c(cc2Cl)NC(=O)CO3)CC1. The number of hydrogen-bond acceptors (Lipinski definition) is 5. The zero-order valence-corrected chi connectivity index (χ0v) is 18.9. The second kappa shape index (κ2) is 9.53. The molecule has 0 spiro atoms. The monoisotopic (exact) mass is 457 g/mol. The lowest BCUT2D eigenvalue weighted by molar-refractivity contribution is -0.136. The number of halogens is 1. The Kier molecular flexibility index (Phi) is 7.26. The van der Waals surface area contributed by atoms with Gasteiger partial charge in [-0.15, -0.1) is 0 Å². The van der Waals surface area contributed by atoms with Gasteiger partial charge < -0.3 is 15.0 Å². The number of nitrogens with one attached hydrogen (secondary N) is 1. The normalized spacial score (nSPS) is 17.8. The van der Waals surface area contributed by atoms with Gasteiger partial charge in [-0.25, -0.2) is 8.42 Å². The smallest absolute Gasteiger partial charge is 0.262 e. The molecule has 1 aromatic rings. The maximum atomic E-state index is 13.2. The summed E-state index contributed by atoms with van der Waals surface area (Å²) in [5.74, 6) is -0.0946. The number of anilines is 1. The summed E-state index contributed by atoms with van der Waals surface area (Å²) in [6, 6.07) is 2.75. The molecule has 2 aliphatic heterocycles. The molecule has 166 valence electrons. The van der Waals surface area contributed by atoms with Crippen LogP contribution in [0.3, 0.4) is 0 Å². The molecule has 1 saturated heterocycles. The summed E-state index contributed by atoms with van der Waals surface area (Å²) in [7, 11) is -3.85. The third-order valence-electron chi connectivity index (χ3n) is 5.56. The Bertz CT molecular complexity index is 913. The van der Waals surface area contributed by atoms with Crippen LogP contribution in [0.5, 0.6) is 5.75 Å². The van der Waals surface area contributed by atoms with Crippen molar-refractivity contribution in [3.05, 3.63) is 17.2 Å². The number of unbranched alkanes of at least 4 members (excludes halogenated alkanes) is 1. The highest BCUT2D eigenvalue weighted by Crippen LogP contribution is 2.37. The molecular formula is C20H28ClN3O5S. The van der Waals surface area contributed by atoms with Gasteiger partial charge in [0.15, 0.2) is 6.61 Å². The van der Waals surface area contributed by atoms with E-state index in [0.29, 0.717) is 25.1 Å². The van der Waals surface area contributed by atoms with Crippen LogP contribution in [0, 0.1) is 5.92 Å². The van der Waals surface area contributed by atoms with E-state index >= 15 is 0 Å². The van der Waals surface area contributed by atoms with Crippen molar-refractivity contribution in [2.45, 2.75) is 44.4 Å². The van der Waals surface area contributed by atoms with Crippen molar-refractivity contribution in [1.29, 1.82) is 0 Å². The first-order chi connectivity index (χ1) is 14.3. The van der Waals surface area contributed by atoms with E-state index < -0.39 is 10.0 Å². The zero-order valence-electron chi connectivity index (χ0n) is 17.3. The highest BCUT2D eigenvalue weighted by atomic mass is 35.5. The third kappa shape index (κ3) is 4.73. The van der Waals surface area contributed by atoms with E-state index in [9.17, 15) is 18.0 Å². The van der Waals surface area contributed by atoms with E-state index in [4.69, 9.17) is 16.3 Å². The minimum absolute atomic E-state index is 0.0227.